The number of nitrogens with zero attached hydrogens (tertiary/aromatic N) is 2. The zero-order valence-electron chi connectivity index (χ0n) is 7.34. The molecule has 0 aliphatic rings. The average molecular weight is 174 g/mol. The van der Waals surface area contributed by atoms with E-state index in [0.717, 1.165) is 5.69 Å². The third kappa shape index (κ3) is 1.54. The third-order valence-corrected chi connectivity index (χ3v) is 1.82. The van der Waals surface area contributed by atoms with Gasteiger partial charge in [-0.1, -0.05) is 18.2 Å². The maximum Gasteiger partial charge on any atom is 0.231 e. The fourth-order valence-corrected chi connectivity index (χ4v) is 1.15. The highest BCUT2D eigenvalue weighted by Gasteiger charge is 1.98. The van der Waals surface area contributed by atoms with E-state index in [-0.39, 0.29) is 0 Å². The Kier molecular flexibility index (Phi) is 2.00. The molecule has 0 fully saturated rings. The average Bonchev–Trinajstić information content (AvgIpc) is 2.67. The molecule has 0 saturated heterocycles. The Bertz CT molecular complexity index is 381. The lowest BCUT2D eigenvalue weighted by molar-refractivity contribution is 0.400. The van der Waals surface area contributed by atoms with Gasteiger partial charge in [-0.2, -0.15) is 0 Å². The fourth-order valence-electron chi connectivity index (χ4n) is 1.15. The molecule has 0 bridgehead atoms. The molecule has 0 N–H and O–H groups in total. The van der Waals surface area contributed by atoms with Crippen molar-refractivity contribution in [3.63, 3.8) is 0 Å². The van der Waals surface area contributed by atoms with E-state index in [0.29, 0.717) is 5.88 Å². The summed E-state index contributed by atoms with van der Waals surface area (Å²) in [6, 6.07) is 9.99. The molecule has 0 radical (unpaired) electrons. The molecular formula is C10H10N2O. The molecule has 0 aliphatic carbocycles. The lowest BCUT2D eigenvalue weighted by Gasteiger charge is -1.98. The van der Waals surface area contributed by atoms with Gasteiger partial charge in [-0.15, -0.1) is 0 Å². The summed E-state index contributed by atoms with van der Waals surface area (Å²) < 4.78 is 6.90. The van der Waals surface area contributed by atoms with Crippen molar-refractivity contribution in [3.8, 4) is 11.6 Å². The SMILES string of the molecule is COc1cn(-c2ccccc2)cn1. The maximum absolute atomic E-state index is 4.98. The number of para-hydroxylation sites is 1. The van der Waals surface area contributed by atoms with Crippen LogP contribution in [0, 0.1) is 0 Å². The number of ether oxygens (including phenoxy) is 1. The number of hydrogen-bond acceptors (Lipinski definition) is 2. The molecule has 3 heteroatoms. The van der Waals surface area contributed by atoms with Crippen LogP contribution in [0.15, 0.2) is 42.9 Å². The summed E-state index contributed by atoms with van der Waals surface area (Å²) >= 11 is 0. The molecule has 0 spiro atoms. The lowest BCUT2D eigenvalue weighted by atomic mass is 10.3. The van der Waals surface area contributed by atoms with Crippen LogP contribution in [0.1, 0.15) is 0 Å². The van der Waals surface area contributed by atoms with Crippen LogP contribution in [-0.4, -0.2) is 16.7 Å². The molecule has 0 saturated carbocycles. The minimum atomic E-state index is 0.629. The summed E-state index contributed by atoms with van der Waals surface area (Å²) in [5.74, 6) is 0.629. The summed E-state index contributed by atoms with van der Waals surface area (Å²) in [5.41, 5.74) is 1.08. The van der Waals surface area contributed by atoms with Crippen molar-refractivity contribution in [2.75, 3.05) is 7.11 Å². The summed E-state index contributed by atoms with van der Waals surface area (Å²) in [4.78, 5) is 4.05. The second-order valence-corrected chi connectivity index (χ2v) is 2.66. The van der Waals surface area contributed by atoms with Gasteiger partial charge in [-0.05, 0) is 12.1 Å². The normalized spacial score (nSPS) is 9.92. The van der Waals surface area contributed by atoms with Gasteiger partial charge in [0.15, 0.2) is 0 Å². The number of aromatic nitrogens is 2. The molecule has 2 rings (SSSR count). The number of hydrogen-bond donors (Lipinski definition) is 0. The Hall–Kier alpha value is -1.77. The fraction of sp³-hybridized carbons (Fsp3) is 0.100. The van der Waals surface area contributed by atoms with Gasteiger partial charge in [0.25, 0.3) is 0 Å². The molecule has 13 heavy (non-hydrogen) atoms. The number of methoxy groups -OCH3 is 1. The second kappa shape index (κ2) is 3.31. The predicted octanol–water partition coefficient (Wildman–Crippen LogP) is 1.88. The monoisotopic (exact) mass is 174 g/mol. The molecule has 1 aromatic heterocycles. The molecule has 66 valence electrons. The topological polar surface area (TPSA) is 27.1 Å². The van der Waals surface area contributed by atoms with Gasteiger partial charge in [0.1, 0.15) is 6.33 Å². The van der Waals surface area contributed by atoms with E-state index in [2.05, 4.69) is 4.98 Å². The molecule has 0 aliphatic heterocycles. The van der Waals surface area contributed by atoms with E-state index < -0.39 is 0 Å². The van der Waals surface area contributed by atoms with Crippen LogP contribution < -0.4 is 4.74 Å². The molecule has 1 aromatic carbocycles. The first kappa shape index (κ1) is 7.86. The van der Waals surface area contributed by atoms with Crippen LogP contribution >= 0.6 is 0 Å². The zero-order chi connectivity index (χ0) is 9.10. The molecule has 0 atom stereocenters. The Morgan fingerprint density at radius 3 is 2.62 bits per heavy atom. The summed E-state index contributed by atoms with van der Waals surface area (Å²) in [6.45, 7) is 0. The van der Waals surface area contributed by atoms with E-state index >= 15 is 0 Å². The highest BCUT2D eigenvalue weighted by Crippen LogP contribution is 2.11. The third-order valence-electron chi connectivity index (χ3n) is 1.82. The van der Waals surface area contributed by atoms with Crippen LogP contribution in [0.3, 0.4) is 0 Å². The number of benzene rings is 1. The Morgan fingerprint density at radius 1 is 1.23 bits per heavy atom. The zero-order valence-corrected chi connectivity index (χ0v) is 7.34. The van der Waals surface area contributed by atoms with Crippen molar-refractivity contribution in [1.82, 2.24) is 9.55 Å². The number of imidazole rings is 1. The molecule has 0 unspecified atom stereocenters. The van der Waals surface area contributed by atoms with Gasteiger partial charge in [0, 0.05) is 5.69 Å². The quantitative estimate of drug-likeness (QED) is 0.695. The van der Waals surface area contributed by atoms with Gasteiger partial charge < -0.3 is 9.30 Å². The predicted molar refractivity (Wildman–Crippen MR) is 50.1 cm³/mol. The van der Waals surface area contributed by atoms with Crippen LogP contribution in [-0.2, 0) is 0 Å². The molecule has 1 heterocycles. The first-order valence-corrected chi connectivity index (χ1v) is 4.03. The van der Waals surface area contributed by atoms with Crippen LogP contribution in [0.25, 0.3) is 5.69 Å². The maximum atomic E-state index is 4.98. The smallest absolute Gasteiger partial charge is 0.231 e. The van der Waals surface area contributed by atoms with Crippen molar-refractivity contribution < 1.29 is 4.74 Å². The van der Waals surface area contributed by atoms with E-state index in [9.17, 15) is 0 Å². The van der Waals surface area contributed by atoms with Crippen molar-refractivity contribution in [2.45, 2.75) is 0 Å². The van der Waals surface area contributed by atoms with Crippen molar-refractivity contribution >= 4 is 0 Å². The van der Waals surface area contributed by atoms with Crippen molar-refractivity contribution in [3.05, 3.63) is 42.9 Å². The Balaban J connectivity index is 2.36. The minimum Gasteiger partial charge on any atom is -0.480 e. The van der Waals surface area contributed by atoms with Crippen LogP contribution in [0.2, 0.25) is 0 Å². The van der Waals surface area contributed by atoms with E-state index in [1.807, 2.05) is 41.1 Å². The molecule has 0 amide bonds. The largest absolute Gasteiger partial charge is 0.480 e. The highest BCUT2D eigenvalue weighted by molar-refractivity contribution is 5.32. The van der Waals surface area contributed by atoms with Gasteiger partial charge in [-0.25, -0.2) is 4.98 Å². The van der Waals surface area contributed by atoms with E-state index in [4.69, 9.17) is 4.74 Å². The molecular weight excluding hydrogens is 164 g/mol. The summed E-state index contributed by atoms with van der Waals surface area (Å²) in [6.07, 6.45) is 3.57. The van der Waals surface area contributed by atoms with Gasteiger partial charge >= 0.3 is 0 Å². The summed E-state index contributed by atoms with van der Waals surface area (Å²) in [7, 11) is 1.61. The summed E-state index contributed by atoms with van der Waals surface area (Å²) in [5, 5.41) is 0. The minimum absolute atomic E-state index is 0.629. The first-order chi connectivity index (χ1) is 6.40. The van der Waals surface area contributed by atoms with E-state index in [1.165, 1.54) is 0 Å². The van der Waals surface area contributed by atoms with Gasteiger partial charge in [-0.3, -0.25) is 0 Å². The van der Waals surface area contributed by atoms with E-state index in [1.54, 1.807) is 13.4 Å². The van der Waals surface area contributed by atoms with Crippen molar-refractivity contribution in [2.24, 2.45) is 0 Å². The Morgan fingerprint density at radius 2 is 2.00 bits per heavy atom. The van der Waals surface area contributed by atoms with Crippen LogP contribution in [0.5, 0.6) is 5.88 Å². The molecule has 2 aromatic rings. The number of rotatable bonds is 2. The Labute approximate surface area is 76.6 Å². The van der Waals surface area contributed by atoms with Gasteiger partial charge in [0.05, 0.1) is 13.3 Å². The standard InChI is InChI=1S/C10H10N2O/c1-13-10-7-12(8-11-10)9-5-3-2-4-6-9/h2-8H,1H3. The second-order valence-electron chi connectivity index (χ2n) is 2.66. The van der Waals surface area contributed by atoms with Crippen LogP contribution in [0.4, 0.5) is 0 Å². The van der Waals surface area contributed by atoms with Gasteiger partial charge in [0.2, 0.25) is 5.88 Å². The first-order valence-electron chi connectivity index (χ1n) is 4.03. The van der Waals surface area contributed by atoms with Crippen molar-refractivity contribution in [1.29, 1.82) is 0 Å². The molecule has 3 nitrogen and oxygen atoms in total. The highest BCUT2D eigenvalue weighted by atomic mass is 16.5. The lowest BCUT2D eigenvalue weighted by Crippen LogP contribution is -1.87.